The molecule has 8 nitrogen and oxygen atoms in total. The molecule has 1 atom stereocenters. The molecule has 0 aliphatic carbocycles. The smallest absolute Gasteiger partial charge is 0.292 e. The van der Waals surface area contributed by atoms with Crippen LogP contribution in [0.3, 0.4) is 0 Å². The van der Waals surface area contributed by atoms with Crippen molar-refractivity contribution in [3.8, 4) is 0 Å². The Kier molecular flexibility index (Phi) is 3.11. The van der Waals surface area contributed by atoms with Crippen LogP contribution in [0.1, 0.15) is 18.5 Å². The summed E-state index contributed by atoms with van der Waals surface area (Å²) in [6, 6.07) is 6.44. The zero-order valence-electron chi connectivity index (χ0n) is 14.6. The first kappa shape index (κ1) is 15.1. The molecule has 2 bridgehead atoms. The highest BCUT2D eigenvalue weighted by molar-refractivity contribution is 5.88. The summed E-state index contributed by atoms with van der Waals surface area (Å²) in [6.07, 6.45) is 2.25. The fourth-order valence-corrected chi connectivity index (χ4v) is 4.59. The molecule has 0 aromatic carbocycles. The van der Waals surface area contributed by atoms with E-state index in [4.69, 9.17) is 9.57 Å². The van der Waals surface area contributed by atoms with E-state index in [9.17, 15) is 0 Å². The van der Waals surface area contributed by atoms with Crippen molar-refractivity contribution in [1.29, 1.82) is 0 Å². The van der Waals surface area contributed by atoms with Gasteiger partial charge in [-0.25, -0.2) is 14.3 Å². The minimum Gasteiger partial charge on any atom is -0.450 e. The van der Waals surface area contributed by atoms with E-state index in [1.165, 1.54) is 0 Å². The molecule has 3 fully saturated rings. The van der Waals surface area contributed by atoms with Crippen LogP contribution in [-0.4, -0.2) is 64.2 Å². The maximum atomic E-state index is 6.33. The molecule has 1 spiro atoms. The molecule has 4 aliphatic heterocycles. The van der Waals surface area contributed by atoms with Crippen LogP contribution in [0.5, 0.6) is 0 Å². The number of anilines is 1. The van der Waals surface area contributed by atoms with E-state index >= 15 is 0 Å². The van der Waals surface area contributed by atoms with Crippen molar-refractivity contribution in [3.05, 3.63) is 23.9 Å². The third kappa shape index (κ3) is 2.24. The van der Waals surface area contributed by atoms with Crippen molar-refractivity contribution in [2.24, 2.45) is 10.9 Å². The second kappa shape index (κ2) is 5.15. The van der Waals surface area contributed by atoms with Gasteiger partial charge in [-0.3, -0.25) is 5.32 Å². The number of amidine groups is 1. The summed E-state index contributed by atoms with van der Waals surface area (Å²) in [7, 11) is 1.80. The summed E-state index contributed by atoms with van der Waals surface area (Å²) in [6.45, 7) is 5.69. The minimum absolute atomic E-state index is 0.246. The molecule has 132 valence electrons. The summed E-state index contributed by atoms with van der Waals surface area (Å²) >= 11 is 0. The van der Waals surface area contributed by atoms with E-state index in [0.29, 0.717) is 29.1 Å². The van der Waals surface area contributed by atoms with Gasteiger partial charge in [0.05, 0.1) is 13.7 Å². The van der Waals surface area contributed by atoms with Crippen molar-refractivity contribution in [2.45, 2.75) is 25.4 Å². The van der Waals surface area contributed by atoms with Gasteiger partial charge in [-0.05, 0) is 19.1 Å². The van der Waals surface area contributed by atoms with Gasteiger partial charge in [-0.2, -0.15) is 9.63 Å². The zero-order chi connectivity index (χ0) is 17.1. The molecule has 2 aromatic heterocycles. The first-order chi connectivity index (χ1) is 12.1. The van der Waals surface area contributed by atoms with Crippen LogP contribution in [0.25, 0.3) is 5.65 Å². The van der Waals surface area contributed by atoms with E-state index in [1.54, 1.807) is 7.11 Å². The summed E-state index contributed by atoms with van der Waals surface area (Å²) in [5.41, 5.74) is 1.60. The fourth-order valence-electron chi connectivity index (χ4n) is 4.59. The highest BCUT2D eigenvalue weighted by atomic mass is 16.7. The maximum Gasteiger partial charge on any atom is 0.292 e. The van der Waals surface area contributed by atoms with Gasteiger partial charge in [0, 0.05) is 24.5 Å². The lowest BCUT2D eigenvalue weighted by atomic mass is 9.75. The normalized spacial score (nSPS) is 33.7. The molecule has 3 saturated heterocycles. The number of hydrogen-bond acceptors (Lipinski definition) is 6. The van der Waals surface area contributed by atoms with Gasteiger partial charge in [-0.1, -0.05) is 6.07 Å². The molecule has 6 heterocycles. The van der Waals surface area contributed by atoms with Crippen molar-refractivity contribution < 1.29 is 14.2 Å². The van der Waals surface area contributed by atoms with Gasteiger partial charge in [0.2, 0.25) is 0 Å². The lowest BCUT2D eigenvalue weighted by Gasteiger charge is -2.53. The Hall–Kier alpha value is -2.19. The van der Waals surface area contributed by atoms with Crippen LogP contribution in [0.15, 0.2) is 23.2 Å². The van der Waals surface area contributed by atoms with E-state index in [1.807, 2.05) is 29.6 Å². The number of rotatable bonds is 2. The largest absolute Gasteiger partial charge is 0.450 e. The molecule has 6 rings (SSSR count). The number of aromatic nitrogens is 3. The summed E-state index contributed by atoms with van der Waals surface area (Å²) < 4.78 is 8.83. The van der Waals surface area contributed by atoms with Crippen molar-refractivity contribution in [2.75, 3.05) is 38.6 Å². The Morgan fingerprint density at radius 1 is 1.36 bits per heavy atom. The van der Waals surface area contributed by atoms with Crippen LogP contribution in [-0.2, 0) is 9.57 Å². The summed E-state index contributed by atoms with van der Waals surface area (Å²) in [4.78, 5) is 14.9. The molecule has 2 aromatic rings. The predicted molar refractivity (Wildman–Crippen MR) is 92.1 cm³/mol. The Labute approximate surface area is 146 Å². The topological polar surface area (TPSA) is 73.0 Å². The van der Waals surface area contributed by atoms with E-state index < -0.39 is 0 Å². The van der Waals surface area contributed by atoms with E-state index in [2.05, 4.69) is 20.4 Å². The Morgan fingerprint density at radius 3 is 2.96 bits per heavy atom. The van der Waals surface area contributed by atoms with Gasteiger partial charge in [0.15, 0.2) is 17.8 Å². The second-order valence-corrected chi connectivity index (χ2v) is 7.41. The SMILES string of the molecule is CO[N+]12CCC(CC1)C1(CN=C(Nc3nc4cccc(C)n4n3)O1)C2. The molecule has 1 unspecified atom stereocenters. The number of nitrogens with zero attached hydrogens (tertiary/aromatic N) is 5. The van der Waals surface area contributed by atoms with Gasteiger partial charge in [-0.15, -0.1) is 5.10 Å². The number of quaternary nitrogens is 1. The number of fused-ring (bicyclic) bond motifs is 3. The third-order valence-corrected chi connectivity index (χ3v) is 6.02. The van der Waals surface area contributed by atoms with Gasteiger partial charge < -0.3 is 4.74 Å². The van der Waals surface area contributed by atoms with Gasteiger partial charge in [0.1, 0.15) is 13.1 Å². The van der Waals surface area contributed by atoms with Crippen LogP contribution < -0.4 is 5.32 Å². The summed E-state index contributed by atoms with van der Waals surface area (Å²) in [5.74, 6) is 1.06. The third-order valence-electron chi connectivity index (χ3n) is 6.02. The average molecular weight is 343 g/mol. The molecular weight excluding hydrogens is 320 g/mol. The molecule has 1 N–H and O–H groups in total. The first-order valence-corrected chi connectivity index (χ1v) is 8.86. The van der Waals surface area contributed by atoms with Crippen molar-refractivity contribution in [1.82, 2.24) is 14.6 Å². The monoisotopic (exact) mass is 343 g/mol. The Morgan fingerprint density at radius 2 is 2.20 bits per heavy atom. The highest BCUT2D eigenvalue weighted by Crippen LogP contribution is 2.44. The molecule has 25 heavy (non-hydrogen) atoms. The standard InChI is InChI=1S/C17H23N6O2/c1-12-4-3-5-14-19-15(21-22(12)14)20-16-18-10-17(25-16)11-23(24-2)8-6-13(17)7-9-23/h3-5,13H,6-11H2,1-2H3,(H,18,20,21)/q+1. The Balaban J connectivity index is 1.36. The summed E-state index contributed by atoms with van der Waals surface area (Å²) in [5, 5.41) is 7.65. The van der Waals surface area contributed by atoms with Gasteiger partial charge >= 0.3 is 0 Å². The first-order valence-electron chi connectivity index (χ1n) is 8.86. The van der Waals surface area contributed by atoms with Crippen molar-refractivity contribution >= 4 is 17.6 Å². The van der Waals surface area contributed by atoms with E-state index in [0.717, 1.165) is 43.8 Å². The fraction of sp³-hybridized carbons (Fsp3) is 0.588. The molecule has 4 aliphatic rings. The van der Waals surface area contributed by atoms with Gasteiger partial charge in [0.25, 0.3) is 12.0 Å². The lowest BCUT2D eigenvalue weighted by molar-refractivity contribution is -1.12. The number of piperidine rings is 3. The predicted octanol–water partition coefficient (Wildman–Crippen LogP) is 1.38. The van der Waals surface area contributed by atoms with Crippen LogP contribution >= 0.6 is 0 Å². The number of aliphatic imine (C=N–C) groups is 1. The highest BCUT2D eigenvalue weighted by Gasteiger charge is 2.60. The lowest BCUT2D eigenvalue weighted by Crippen LogP contribution is -2.69. The number of aryl methyl sites for hydroxylation is 1. The average Bonchev–Trinajstić information content (AvgIpc) is 3.21. The number of ether oxygens (including phenoxy) is 1. The number of nitrogens with one attached hydrogen (secondary N) is 1. The maximum absolute atomic E-state index is 6.33. The zero-order valence-corrected chi connectivity index (χ0v) is 14.6. The van der Waals surface area contributed by atoms with Crippen LogP contribution in [0.4, 0.5) is 5.95 Å². The van der Waals surface area contributed by atoms with E-state index in [-0.39, 0.29) is 5.60 Å². The molecule has 0 radical (unpaired) electrons. The molecule has 8 heteroatoms. The second-order valence-electron chi connectivity index (χ2n) is 7.41. The Bertz CT molecular complexity index is 854. The molecular formula is C17H23N6O2+. The quantitative estimate of drug-likeness (QED) is 0.834. The number of hydrogen-bond donors (Lipinski definition) is 1. The number of hydroxylamine groups is 3. The minimum atomic E-state index is -0.246. The van der Waals surface area contributed by atoms with Crippen LogP contribution in [0.2, 0.25) is 0 Å². The molecule has 0 amide bonds. The van der Waals surface area contributed by atoms with Crippen LogP contribution in [0, 0.1) is 12.8 Å². The number of pyridine rings is 1. The molecule has 0 saturated carbocycles. The van der Waals surface area contributed by atoms with Crippen molar-refractivity contribution in [3.63, 3.8) is 0 Å².